The van der Waals surface area contributed by atoms with Crippen LogP contribution in [-0.4, -0.2) is 27.7 Å². The lowest BCUT2D eigenvalue weighted by molar-refractivity contribution is 0.0618. The minimum atomic E-state index is 0.583. The first-order chi connectivity index (χ1) is 8.34. The van der Waals surface area contributed by atoms with Crippen LogP contribution in [-0.2, 0) is 11.3 Å². The Balaban J connectivity index is 1.90. The molecule has 3 heterocycles. The van der Waals surface area contributed by atoms with Gasteiger partial charge in [-0.05, 0) is 24.8 Å². The second-order valence-electron chi connectivity index (χ2n) is 4.50. The molecule has 1 fully saturated rings. The van der Waals surface area contributed by atoms with Crippen LogP contribution in [0, 0.1) is 5.92 Å². The van der Waals surface area contributed by atoms with E-state index < -0.39 is 0 Å². The molecule has 0 aromatic carbocycles. The number of nitrogens with zero attached hydrogens (tertiary/aromatic N) is 3. The molecule has 0 unspecified atom stereocenters. The molecular formula is C12H16N4O. The van der Waals surface area contributed by atoms with Crippen molar-refractivity contribution in [2.24, 2.45) is 5.92 Å². The highest BCUT2D eigenvalue weighted by atomic mass is 16.5. The molecule has 2 aromatic rings. The van der Waals surface area contributed by atoms with Gasteiger partial charge < -0.3 is 15.0 Å². The lowest BCUT2D eigenvalue weighted by Gasteiger charge is -2.22. The van der Waals surface area contributed by atoms with E-state index in [1.807, 2.05) is 6.07 Å². The maximum absolute atomic E-state index is 5.96. The van der Waals surface area contributed by atoms with Crippen molar-refractivity contribution in [3.8, 4) is 0 Å². The van der Waals surface area contributed by atoms with Gasteiger partial charge in [0.2, 0.25) is 5.95 Å². The zero-order valence-electron chi connectivity index (χ0n) is 9.67. The van der Waals surface area contributed by atoms with Crippen molar-refractivity contribution in [2.75, 3.05) is 18.9 Å². The number of hydrogen-bond acceptors (Lipinski definition) is 4. The van der Waals surface area contributed by atoms with Crippen LogP contribution in [0.25, 0.3) is 11.0 Å². The standard InChI is InChI=1S/C12H16N4O/c13-12-15-10-7-14-4-1-11(10)16(12)8-9-2-5-17-6-3-9/h1,4,7,9H,2-3,5-6,8H2,(H2,13,15). The highest BCUT2D eigenvalue weighted by Crippen LogP contribution is 2.22. The minimum absolute atomic E-state index is 0.583. The molecule has 2 aromatic heterocycles. The van der Waals surface area contributed by atoms with Crippen molar-refractivity contribution in [2.45, 2.75) is 19.4 Å². The second kappa shape index (κ2) is 4.33. The van der Waals surface area contributed by atoms with Gasteiger partial charge in [0, 0.05) is 26.0 Å². The summed E-state index contributed by atoms with van der Waals surface area (Å²) in [5.74, 6) is 1.22. The molecule has 0 radical (unpaired) electrons. The van der Waals surface area contributed by atoms with Crippen LogP contribution in [0.1, 0.15) is 12.8 Å². The number of nitrogens with two attached hydrogens (primary N) is 1. The lowest BCUT2D eigenvalue weighted by atomic mass is 10.0. The first kappa shape index (κ1) is 10.5. The molecule has 0 atom stereocenters. The smallest absolute Gasteiger partial charge is 0.201 e. The predicted molar refractivity (Wildman–Crippen MR) is 65.5 cm³/mol. The molecule has 1 saturated heterocycles. The molecular weight excluding hydrogens is 216 g/mol. The Hall–Kier alpha value is -1.62. The summed E-state index contributed by atoms with van der Waals surface area (Å²) in [7, 11) is 0. The second-order valence-corrected chi connectivity index (χ2v) is 4.50. The maximum atomic E-state index is 5.96. The van der Waals surface area contributed by atoms with Gasteiger partial charge in [-0.3, -0.25) is 4.98 Å². The summed E-state index contributed by atoms with van der Waals surface area (Å²) < 4.78 is 7.46. The number of anilines is 1. The highest BCUT2D eigenvalue weighted by Gasteiger charge is 2.17. The number of fused-ring (bicyclic) bond motifs is 1. The van der Waals surface area contributed by atoms with Gasteiger partial charge in [0.1, 0.15) is 5.52 Å². The van der Waals surface area contributed by atoms with E-state index in [4.69, 9.17) is 10.5 Å². The van der Waals surface area contributed by atoms with Crippen molar-refractivity contribution in [1.29, 1.82) is 0 Å². The molecule has 5 nitrogen and oxygen atoms in total. The SMILES string of the molecule is Nc1nc2cnccc2n1CC1CCOCC1. The van der Waals surface area contributed by atoms with Crippen molar-refractivity contribution >= 4 is 17.0 Å². The molecule has 1 aliphatic heterocycles. The third-order valence-electron chi connectivity index (χ3n) is 3.36. The highest BCUT2D eigenvalue weighted by molar-refractivity contribution is 5.76. The monoisotopic (exact) mass is 232 g/mol. The summed E-state index contributed by atoms with van der Waals surface area (Å²) in [5, 5.41) is 0. The van der Waals surface area contributed by atoms with Gasteiger partial charge in [0.05, 0.1) is 11.7 Å². The van der Waals surface area contributed by atoms with E-state index in [9.17, 15) is 0 Å². The van der Waals surface area contributed by atoms with Gasteiger partial charge in [0.15, 0.2) is 0 Å². The molecule has 3 rings (SSSR count). The lowest BCUT2D eigenvalue weighted by Crippen LogP contribution is -2.21. The van der Waals surface area contributed by atoms with Crippen LogP contribution in [0.5, 0.6) is 0 Å². The fourth-order valence-corrected chi connectivity index (χ4v) is 2.38. The van der Waals surface area contributed by atoms with E-state index in [2.05, 4.69) is 14.5 Å². The van der Waals surface area contributed by atoms with Crippen LogP contribution >= 0.6 is 0 Å². The molecule has 0 bridgehead atoms. The summed E-state index contributed by atoms with van der Waals surface area (Å²) in [6.45, 7) is 2.65. The quantitative estimate of drug-likeness (QED) is 0.850. The van der Waals surface area contributed by atoms with Crippen LogP contribution in [0.2, 0.25) is 0 Å². The molecule has 17 heavy (non-hydrogen) atoms. The van der Waals surface area contributed by atoms with Crippen LogP contribution in [0.4, 0.5) is 5.95 Å². The van der Waals surface area contributed by atoms with Crippen molar-refractivity contribution in [1.82, 2.24) is 14.5 Å². The number of aromatic nitrogens is 3. The zero-order chi connectivity index (χ0) is 11.7. The molecule has 0 saturated carbocycles. The number of ether oxygens (including phenoxy) is 1. The van der Waals surface area contributed by atoms with E-state index in [0.717, 1.165) is 43.6 Å². The minimum Gasteiger partial charge on any atom is -0.381 e. The Morgan fingerprint density at radius 3 is 3.06 bits per heavy atom. The van der Waals surface area contributed by atoms with Crippen molar-refractivity contribution in [3.05, 3.63) is 18.5 Å². The Morgan fingerprint density at radius 1 is 1.41 bits per heavy atom. The van der Waals surface area contributed by atoms with E-state index >= 15 is 0 Å². The molecule has 2 N–H and O–H groups in total. The molecule has 1 aliphatic rings. The third kappa shape index (κ3) is 1.98. The Bertz CT molecular complexity index is 516. The summed E-state index contributed by atoms with van der Waals surface area (Å²) in [4.78, 5) is 8.39. The van der Waals surface area contributed by atoms with Crippen molar-refractivity contribution in [3.63, 3.8) is 0 Å². The Kier molecular flexibility index (Phi) is 2.68. The number of nitrogen functional groups attached to an aromatic ring is 1. The third-order valence-corrected chi connectivity index (χ3v) is 3.36. The first-order valence-electron chi connectivity index (χ1n) is 5.98. The van der Waals surface area contributed by atoms with E-state index in [1.165, 1.54) is 0 Å². The molecule has 0 amide bonds. The van der Waals surface area contributed by atoms with E-state index in [1.54, 1.807) is 12.4 Å². The fraction of sp³-hybridized carbons (Fsp3) is 0.500. The molecule has 0 aliphatic carbocycles. The molecule has 5 heteroatoms. The average Bonchev–Trinajstić information content (AvgIpc) is 2.68. The fourth-order valence-electron chi connectivity index (χ4n) is 2.38. The van der Waals surface area contributed by atoms with Crippen LogP contribution < -0.4 is 5.73 Å². The molecule has 0 spiro atoms. The number of rotatable bonds is 2. The van der Waals surface area contributed by atoms with Crippen LogP contribution in [0.15, 0.2) is 18.5 Å². The van der Waals surface area contributed by atoms with Crippen molar-refractivity contribution < 1.29 is 4.74 Å². The normalized spacial score (nSPS) is 17.6. The Labute approximate surface area is 99.6 Å². The largest absolute Gasteiger partial charge is 0.381 e. The Morgan fingerprint density at radius 2 is 2.24 bits per heavy atom. The van der Waals surface area contributed by atoms with Gasteiger partial charge in [-0.15, -0.1) is 0 Å². The summed E-state index contributed by atoms with van der Waals surface area (Å²) in [5.41, 5.74) is 7.91. The number of imidazole rings is 1. The number of pyridine rings is 1. The van der Waals surface area contributed by atoms with Gasteiger partial charge in [-0.25, -0.2) is 4.98 Å². The van der Waals surface area contributed by atoms with E-state index in [-0.39, 0.29) is 0 Å². The maximum Gasteiger partial charge on any atom is 0.201 e. The topological polar surface area (TPSA) is 66.0 Å². The van der Waals surface area contributed by atoms with Gasteiger partial charge in [-0.2, -0.15) is 0 Å². The van der Waals surface area contributed by atoms with Crippen LogP contribution in [0.3, 0.4) is 0 Å². The average molecular weight is 232 g/mol. The van der Waals surface area contributed by atoms with Gasteiger partial charge >= 0.3 is 0 Å². The summed E-state index contributed by atoms with van der Waals surface area (Å²) in [6, 6.07) is 1.97. The van der Waals surface area contributed by atoms with Gasteiger partial charge in [-0.1, -0.05) is 0 Å². The first-order valence-corrected chi connectivity index (χ1v) is 5.98. The van der Waals surface area contributed by atoms with Gasteiger partial charge in [0.25, 0.3) is 0 Å². The molecule has 90 valence electrons. The zero-order valence-corrected chi connectivity index (χ0v) is 9.67. The predicted octanol–water partition coefficient (Wildman–Crippen LogP) is 1.44. The number of hydrogen-bond donors (Lipinski definition) is 1. The summed E-state index contributed by atoms with van der Waals surface area (Å²) in [6.07, 6.45) is 5.74. The van der Waals surface area contributed by atoms with E-state index in [0.29, 0.717) is 11.9 Å². The summed E-state index contributed by atoms with van der Waals surface area (Å²) >= 11 is 0.